The fourth-order valence-electron chi connectivity index (χ4n) is 5.18. The molecule has 45 heavy (non-hydrogen) atoms. The Morgan fingerprint density at radius 3 is 1.93 bits per heavy atom. The highest BCUT2D eigenvalue weighted by atomic mass is 32.2. The maximum atomic E-state index is 14.6. The SMILES string of the molecule is Cc1ccc(CN(C(=O)CN(c2cccc(C)c2C)S(=O)(=O)c2ccc(C)cc2)[C@H](Cc2ccccc2)C(=O)NC(C)C)cc1. The number of amides is 2. The van der Waals surface area contributed by atoms with Gasteiger partial charge in [-0.3, -0.25) is 13.9 Å². The van der Waals surface area contributed by atoms with Crippen LogP contribution in [0.4, 0.5) is 5.69 Å². The molecular formula is C37H43N3O4S. The maximum absolute atomic E-state index is 14.6. The van der Waals surface area contributed by atoms with Crippen molar-refractivity contribution in [1.82, 2.24) is 10.2 Å². The molecule has 0 saturated heterocycles. The van der Waals surface area contributed by atoms with E-state index in [-0.39, 0.29) is 29.8 Å². The first kappa shape index (κ1) is 33.5. The van der Waals surface area contributed by atoms with Crippen molar-refractivity contribution < 1.29 is 18.0 Å². The molecule has 1 N–H and O–H groups in total. The minimum Gasteiger partial charge on any atom is -0.352 e. The topological polar surface area (TPSA) is 86.8 Å². The van der Waals surface area contributed by atoms with Gasteiger partial charge < -0.3 is 10.2 Å². The van der Waals surface area contributed by atoms with Gasteiger partial charge >= 0.3 is 0 Å². The Balaban J connectivity index is 1.83. The lowest BCUT2D eigenvalue weighted by molar-refractivity contribution is -0.140. The van der Waals surface area contributed by atoms with Gasteiger partial charge in [0.15, 0.2) is 0 Å². The lowest BCUT2D eigenvalue weighted by atomic mass is 10.0. The molecule has 0 aromatic heterocycles. The molecular weight excluding hydrogens is 582 g/mol. The van der Waals surface area contributed by atoms with Gasteiger partial charge in [-0.2, -0.15) is 0 Å². The summed E-state index contributed by atoms with van der Waals surface area (Å²) in [7, 11) is -4.16. The van der Waals surface area contributed by atoms with Crippen LogP contribution in [0.1, 0.15) is 47.2 Å². The summed E-state index contributed by atoms with van der Waals surface area (Å²) in [5, 5.41) is 2.99. The minimum absolute atomic E-state index is 0.0882. The number of benzene rings is 4. The van der Waals surface area contributed by atoms with Crippen molar-refractivity contribution >= 4 is 27.5 Å². The number of hydrogen-bond acceptors (Lipinski definition) is 4. The molecule has 0 aliphatic rings. The van der Waals surface area contributed by atoms with Crippen LogP contribution in [0.15, 0.2) is 102 Å². The van der Waals surface area contributed by atoms with Crippen molar-refractivity contribution in [3.8, 4) is 0 Å². The lowest BCUT2D eigenvalue weighted by Crippen LogP contribution is -2.54. The van der Waals surface area contributed by atoms with Crippen LogP contribution in [-0.2, 0) is 32.6 Å². The van der Waals surface area contributed by atoms with E-state index in [0.29, 0.717) is 5.69 Å². The Labute approximate surface area is 268 Å². The molecule has 0 radical (unpaired) electrons. The Morgan fingerprint density at radius 2 is 1.33 bits per heavy atom. The zero-order chi connectivity index (χ0) is 32.7. The van der Waals surface area contributed by atoms with E-state index in [0.717, 1.165) is 33.4 Å². The van der Waals surface area contributed by atoms with E-state index >= 15 is 0 Å². The summed E-state index contributed by atoms with van der Waals surface area (Å²) in [4.78, 5) is 30.0. The van der Waals surface area contributed by atoms with Crippen LogP contribution in [0.5, 0.6) is 0 Å². The summed E-state index contributed by atoms with van der Waals surface area (Å²) in [5.41, 5.74) is 5.80. The van der Waals surface area contributed by atoms with Crippen LogP contribution in [0.25, 0.3) is 0 Å². The molecule has 1 atom stereocenters. The molecule has 8 heteroatoms. The lowest BCUT2D eigenvalue weighted by Gasteiger charge is -2.34. The summed E-state index contributed by atoms with van der Waals surface area (Å²) in [6.45, 7) is 11.0. The molecule has 4 rings (SSSR count). The predicted octanol–water partition coefficient (Wildman–Crippen LogP) is 6.28. The Kier molecular flexibility index (Phi) is 10.8. The third kappa shape index (κ3) is 8.39. The van der Waals surface area contributed by atoms with E-state index < -0.39 is 28.5 Å². The molecule has 4 aromatic carbocycles. The van der Waals surface area contributed by atoms with Gasteiger partial charge in [0.1, 0.15) is 12.6 Å². The minimum atomic E-state index is -4.16. The second-order valence-corrected chi connectivity index (χ2v) is 13.8. The fraction of sp³-hybridized carbons (Fsp3) is 0.297. The first-order valence-electron chi connectivity index (χ1n) is 15.2. The molecule has 0 fully saturated rings. The van der Waals surface area contributed by atoms with Gasteiger partial charge in [0, 0.05) is 19.0 Å². The summed E-state index contributed by atoms with van der Waals surface area (Å²) in [5.74, 6) is -0.777. The van der Waals surface area contributed by atoms with E-state index in [9.17, 15) is 18.0 Å². The Hall–Kier alpha value is -4.43. The van der Waals surface area contributed by atoms with E-state index in [1.54, 1.807) is 36.4 Å². The first-order valence-corrected chi connectivity index (χ1v) is 16.7. The van der Waals surface area contributed by atoms with E-state index in [4.69, 9.17) is 0 Å². The van der Waals surface area contributed by atoms with Crippen molar-refractivity contribution in [2.24, 2.45) is 0 Å². The van der Waals surface area contributed by atoms with Crippen molar-refractivity contribution in [2.75, 3.05) is 10.8 Å². The number of carbonyl (C=O) groups excluding carboxylic acids is 2. The number of nitrogens with one attached hydrogen (secondary N) is 1. The van der Waals surface area contributed by atoms with Gasteiger partial charge in [0.05, 0.1) is 10.6 Å². The smallest absolute Gasteiger partial charge is 0.264 e. The Morgan fingerprint density at radius 1 is 0.733 bits per heavy atom. The summed E-state index contributed by atoms with van der Waals surface area (Å²) < 4.78 is 29.7. The fourth-order valence-corrected chi connectivity index (χ4v) is 6.65. The molecule has 0 aliphatic carbocycles. The highest BCUT2D eigenvalue weighted by Gasteiger charge is 2.35. The van der Waals surface area contributed by atoms with Gasteiger partial charge in [-0.1, -0.05) is 90.0 Å². The van der Waals surface area contributed by atoms with Crippen molar-refractivity contribution in [2.45, 2.75) is 71.5 Å². The second kappa shape index (κ2) is 14.6. The first-order chi connectivity index (χ1) is 21.4. The van der Waals surface area contributed by atoms with E-state index in [2.05, 4.69) is 5.32 Å². The molecule has 236 valence electrons. The van der Waals surface area contributed by atoms with Gasteiger partial charge in [-0.05, 0) is 82.0 Å². The van der Waals surface area contributed by atoms with Crippen molar-refractivity contribution in [3.05, 3.63) is 130 Å². The highest BCUT2D eigenvalue weighted by molar-refractivity contribution is 7.92. The average molecular weight is 626 g/mol. The molecule has 4 aromatic rings. The van der Waals surface area contributed by atoms with Gasteiger partial charge in [0.25, 0.3) is 10.0 Å². The van der Waals surface area contributed by atoms with Crippen LogP contribution >= 0.6 is 0 Å². The van der Waals surface area contributed by atoms with Gasteiger partial charge in [0.2, 0.25) is 11.8 Å². The summed E-state index contributed by atoms with van der Waals surface area (Å²) >= 11 is 0. The third-order valence-electron chi connectivity index (χ3n) is 7.91. The molecule has 7 nitrogen and oxygen atoms in total. The standard InChI is InChI=1S/C37H43N3O4S/c1-26(2)38-37(42)35(23-31-12-8-7-9-13-31)39(24-32-19-15-27(3)16-20-32)36(41)25-40(34-14-10-11-29(5)30(34)6)45(43,44)33-21-17-28(4)18-22-33/h7-22,26,35H,23-25H2,1-6H3,(H,38,42)/t35-/m1/s1. The van der Waals surface area contributed by atoms with E-state index in [1.165, 1.54) is 9.21 Å². The molecule has 0 aliphatic heterocycles. The van der Waals surface area contributed by atoms with Gasteiger partial charge in [-0.15, -0.1) is 0 Å². The van der Waals surface area contributed by atoms with Crippen LogP contribution in [0, 0.1) is 27.7 Å². The largest absolute Gasteiger partial charge is 0.352 e. The van der Waals surface area contributed by atoms with Crippen molar-refractivity contribution in [1.29, 1.82) is 0 Å². The number of rotatable bonds is 12. The molecule has 0 unspecified atom stereocenters. The zero-order valence-electron chi connectivity index (χ0n) is 26.9. The molecule has 0 spiro atoms. The van der Waals surface area contributed by atoms with Gasteiger partial charge in [-0.25, -0.2) is 8.42 Å². The van der Waals surface area contributed by atoms with Crippen LogP contribution in [0.2, 0.25) is 0 Å². The monoisotopic (exact) mass is 625 g/mol. The van der Waals surface area contributed by atoms with Crippen molar-refractivity contribution in [3.63, 3.8) is 0 Å². The number of carbonyl (C=O) groups is 2. The third-order valence-corrected chi connectivity index (χ3v) is 9.68. The molecule has 2 amide bonds. The number of anilines is 1. The van der Waals surface area contributed by atoms with Crippen LogP contribution in [-0.4, -0.2) is 43.8 Å². The van der Waals surface area contributed by atoms with E-state index in [1.807, 2.05) is 102 Å². The molecule has 0 bridgehead atoms. The quantitative estimate of drug-likeness (QED) is 0.201. The van der Waals surface area contributed by atoms with Crippen LogP contribution < -0.4 is 9.62 Å². The highest BCUT2D eigenvalue weighted by Crippen LogP contribution is 2.29. The second-order valence-electron chi connectivity index (χ2n) is 11.9. The summed E-state index contributed by atoms with van der Waals surface area (Å²) in [6.07, 6.45) is 0.269. The number of nitrogens with zero attached hydrogens (tertiary/aromatic N) is 2. The molecule has 0 heterocycles. The number of hydrogen-bond donors (Lipinski definition) is 1. The van der Waals surface area contributed by atoms with Crippen LogP contribution in [0.3, 0.4) is 0 Å². The molecule has 0 saturated carbocycles. The number of aryl methyl sites for hydroxylation is 3. The summed E-state index contributed by atoms with van der Waals surface area (Å²) in [6, 6.07) is 28.3. The number of sulfonamides is 1. The maximum Gasteiger partial charge on any atom is 0.264 e. The predicted molar refractivity (Wildman–Crippen MR) is 181 cm³/mol. The Bertz CT molecular complexity index is 1720. The normalized spacial score (nSPS) is 12.1. The zero-order valence-corrected chi connectivity index (χ0v) is 27.8. The average Bonchev–Trinajstić information content (AvgIpc) is 3.00.